The second-order valence-corrected chi connectivity index (χ2v) is 5.28. The first-order valence-electron chi connectivity index (χ1n) is 6.92. The molecule has 93 valence electrons. The Labute approximate surface area is 100 Å². The summed E-state index contributed by atoms with van der Waals surface area (Å²) in [5, 5.41) is 4.45. The monoisotopic (exact) mass is 224 g/mol. The van der Waals surface area contributed by atoms with E-state index in [1.54, 1.807) is 0 Å². The third-order valence-electron chi connectivity index (χ3n) is 4.06. The summed E-state index contributed by atoms with van der Waals surface area (Å²) in [7, 11) is 0. The molecule has 3 nitrogen and oxygen atoms in total. The second kappa shape index (κ2) is 5.99. The van der Waals surface area contributed by atoms with Gasteiger partial charge in [-0.1, -0.05) is 6.92 Å². The van der Waals surface area contributed by atoms with Gasteiger partial charge in [-0.25, -0.2) is 5.32 Å². The van der Waals surface area contributed by atoms with E-state index in [1.807, 2.05) is 0 Å². The largest absolute Gasteiger partial charge is 0.298 e. The van der Waals surface area contributed by atoms with E-state index in [4.69, 9.17) is 0 Å². The van der Waals surface area contributed by atoms with Gasteiger partial charge in [0.15, 0.2) is 0 Å². The highest BCUT2D eigenvalue weighted by Crippen LogP contribution is 2.18. The summed E-state index contributed by atoms with van der Waals surface area (Å²) in [6.45, 7) is 11.9. The van der Waals surface area contributed by atoms with Gasteiger partial charge in [0.05, 0.1) is 0 Å². The van der Waals surface area contributed by atoms with Crippen LogP contribution in [0.25, 0.3) is 0 Å². The van der Waals surface area contributed by atoms with Gasteiger partial charge in [-0.05, 0) is 32.7 Å². The van der Waals surface area contributed by atoms with Gasteiger partial charge < -0.3 is 0 Å². The minimum absolute atomic E-state index is 0.743. The zero-order valence-electron chi connectivity index (χ0n) is 10.9. The Balaban J connectivity index is 1.81. The quantitative estimate of drug-likeness (QED) is 0.717. The number of nitrogens with zero attached hydrogens (tertiary/aromatic N) is 3. The molecule has 2 aliphatic rings. The molecule has 0 N–H and O–H groups in total. The van der Waals surface area contributed by atoms with Crippen LogP contribution >= 0.6 is 0 Å². The van der Waals surface area contributed by atoms with Crippen molar-refractivity contribution in [1.82, 2.24) is 15.1 Å². The van der Waals surface area contributed by atoms with Gasteiger partial charge >= 0.3 is 0 Å². The Bertz CT molecular complexity index is 201. The molecular formula is C13H26N3. The van der Waals surface area contributed by atoms with Gasteiger partial charge in [-0.15, -0.1) is 0 Å². The molecule has 0 aliphatic carbocycles. The molecule has 2 fully saturated rings. The first-order chi connectivity index (χ1) is 7.81. The molecule has 16 heavy (non-hydrogen) atoms. The molecule has 0 aromatic rings. The maximum atomic E-state index is 4.45. The SMILES string of the molecule is CCCN1CCN(C2CC[N]CC2)CC1C. The number of piperazine rings is 1. The van der Waals surface area contributed by atoms with Crippen molar-refractivity contribution in [3.63, 3.8) is 0 Å². The molecule has 0 bridgehead atoms. The van der Waals surface area contributed by atoms with Gasteiger partial charge in [0.1, 0.15) is 0 Å². The molecule has 2 rings (SSSR count). The Morgan fingerprint density at radius 3 is 2.56 bits per heavy atom. The van der Waals surface area contributed by atoms with Crippen molar-refractivity contribution < 1.29 is 0 Å². The molecule has 0 spiro atoms. The summed E-state index contributed by atoms with van der Waals surface area (Å²) in [6, 6.07) is 1.57. The van der Waals surface area contributed by atoms with E-state index in [0.29, 0.717) is 0 Å². The molecule has 2 heterocycles. The van der Waals surface area contributed by atoms with Crippen LogP contribution in [0.5, 0.6) is 0 Å². The third-order valence-corrected chi connectivity index (χ3v) is 4.06. The molecule has 0 saturated carbocycles. The fourth-order valence-electron chi connectivity index (χ4n) is 3.08. The van der Waals surface area contributed by atoms with Crippen LogP contribution in [0, 0.1) is 0 Å². The Morgan fingerprint density at radius 1 is 1.19 bits per heavy atom. The summed E-state index contributed by atoms with van der Waals surface area (Å²) in [5.74, 6) is 0. The average Bonchev–Trinajstić information content (AvgIpc) is 2.33. The number of rotatable bonds is 3. The highest BCUT2D eigenvalue weighted by Gasteiger charge is 2.28. The summed E-state index contributed by atoms with van der Waals surface area (Å²) in [6.07, 6.45) is 3.87. The predicted octanol–water partition coefficient (Wildman–Crippen LogP) is 1.17. The van der Waals surface area contributed by atoms with Crippen molar-refractivity contribution in [2.75, 3.05) is 39.3 Å². The minimum atomic E-state index is 0.743. The van der Waals surface area contributed by atoms with Gasteiger partial charge in [-0.2, -0.15) is 0 Å². The second-order valence-electron chi connectivity index (χ2n) is 5.28. The lowest BCUT2D eigenvalue weighted by Crippen LogP contribution is -2.56. The van der Waals surface area contributed by atoms with Gasteiger partial charge in [0, 0.05) is 44.8 Å². The van der Waals surface area contributed by atoms with Crippen molar-refractivity contribution in [2.24, 2.45) is 0 Å². The smallest absolute Gasteiger partial charge is 0.0195 e. The van der Waals surface area contributed by atoms with Crippen LogP contribution in [-0.4, -0.2) is 61.2 Å². The number of hydrogen-bond acceptors (Lipinski definition) is 2. The van der Waals surface area contributed by atoms with Crippen LogP contribution in [0.1, 0.15) is 33.1 Å². The standard InChI is InChI=1S/C13H26N3/c1-3-8-15-9-10-16(11-12(15)2)13-4-6-14-7-5-13/h12-13H,3-11H2,1-2H3. The van der Waals surface area contributed by atoms with Gasteiger partial charge in [0.2, 0.25) is 0 Å². The summed E-state index contributed by atoms with van der Waals surface area (Å²) in [4.78, 5) is 5.36. The molecule has 3 heteroatoms. The summed E-state index contributed by atoms with van der Waals surface area (Å²) in [5.41, 5.74) is 0. The number of hydrogen-bond donors (Lipinski definition) is 0. The summed E-state index contributed by atoms with van der Waals surface area (Å²) < 4.78 is 0. The maximum Gasteiger partial charge on any atom is 0.0195 e. The topological polar surface area (TPSA) is 20.6 Å². The zero-order chi connectivity index (χ0) is 11.4. The van der Waals surface area contributed by atoms with Crippen LogP contribution in [0.2, 0.25) is 0 Å². The average molecular weight is 224 g/mol. The first-order valence-corrected chi connectivity index (χ1v) is 6.92. The van der Waals surface area contributed by atoms with E-state index in [9.17, 15) is 0 Å². The van der Waals surface area contributed by atoms with E-state index >= 15 is 0 Å². The van der Waals surface area contributed by atoms with E-state index in [-0.39, 0.29) is 0 Å². The molecule has 0 aromatic heterocycles. The molecule has 0 aromatic carbocycles. The van der Waals surface area contributed by atoms with Crippen molar-refractivity contribution in [2.45, 2.75) is 45.2 Å². The van der Waals surface area contributed by atoms with E-state index in [0.717, 1.165) is 25.2 Å². The molecule has 1 radical (unpaired) electrons. The van der Waals surface area contributed by atoms with Crippen molar-refractivity contribution in [1.29, 1.82) is 0 Å². The van der Waals surface area contributed by atoms with Crippen LogP contribution in [-0.2, 0) is 0 Å². The predicted molar refractivity (Wildman–Crippen MR) is 67.8 cm³/mol. The van der Waals surface area contributed by atoms with Crippen molar-refractivity contribution in [3.05, 3.63) is 0 Å². The highest BCUT2D eigenvalue weighted by molar-refractivity contribution is 4.85. The number of piperidine rings is 1. The molecule has 1 unspecified atom stereocenters. The van der Waals surface area contributed by atoms with Crippen molar-refractivity contribution in [3.8, 4) is 0 Å². The van der Waals surface area contributed by atoms with Gasteiger partial charge in [0.25, 0.3) is 0 Å². The summed E-state index contributed by atoms with van der Waals surface area (Å²) >= 11 is 0. The molecule has 2 aliphatic heterocycles. The molecule has 0 amide bonds. The molecule has 1 atom stereocenters. The lowest BCUT2D eigenvalue weighted by Gasteiger charge is -2.44. The lowest BCUT2D eigenvalue weighted by atomic mass is 10.0. The van der Waals surface area contributed by atoms with Gasteiger partial charge in [-0.3, -0.25) is 9.80 Å². The maximum absolute atomic E-state index is 4.45. The highest BCUT2D eigenvalue weighted by atomic mass is 15.3. The van der Waals surface area contributed by atoms with Crippen LogP contribution in [0.3, 0.4) is 0 Å². The normalized spacial score (nSPS) is 30.8. The third kappa shape index (κ3) is 2.96. The lowest BCUT2D eigenvalue weighted by molar-refractivity contribution is 0.0454. The fourth-order valence-corrected chi connectivity index (χ4v) is 3.08. The van der Waals surface area contributed by atoms with Crippen molar-refractivity contribution >= 4 is 0 Å². The van der Waals surface area contributed by atoms with E-state index < -0.39 is 0 Å². The Morgan fingerprint density at radius 2 is 1.94 bits per heavy atom. The van der Waals surface area contributed by atoms with Crippen LogP contribution in [0.15, 0.2) is 0 Å². The van der Waals surface area contributed by atoms with E-state index in [1.165, 1.54) is 45.4 Å². The fraction of sp³-hybridized carbons (Fsp3) is 1.00. The molecular weight excluding hydrogens is 198 g/mol. The Hall–Kier alpha value is -0.120. The van der Waals surface area contributed by atoms with Crippen LogP contribution < -0.4 is 5.32 Å². The Kier molecular flexibility index (Phi) is 4.62. The first kappa shape index (κ1) is 12.3. The van der Waals surface area contributed by atoms with E-state index in [2.05, 4.69) is 29.0 Å². The molecule has 2 saturated heterocycles. The zero-order valence-corrected chi connectivity index (χ0v) is 10.9. The van der Waals surface area contributed by atoms with Crippen LogP contribution in [0.4, 0.5) is 0 Å². The minimum Gasteiger partial charge on any atom is -0.298 e.